The van der Waals surface area contributed by atoms with Gasteiger partial charge in [-0.3, -0.25) is 0 Å². The van der Waals surface area contributed by atoms with Gasteiger partial charge in [-0.05, 0) is 46.8 Å². The van der Waals surface area contributed by atoms with Crippen molar-refractivity contribution in [2.24, 2.45) is 5.92 Å². The maximum absolute atomic E-state index is 12.2. The fourth-order valence-electron chi connectivity index (χ4n) is 1.81. The van der Waals surface area contributed by atoms with Crippen molar-refractivity contribution in [3.05, 3.63) is 15.4 Å². The molecular weight excluding hydrogens is 346 g/mol. The Morgan fingerprint density at radius 1 is 1.42 bits per heavy atom. The second kappa shape index (κ2) is 7.76. The van der Waals surface area contributed by atoms with E-state index in [1.165, 1.54) is 11.3 Å². The Hall–Kier alpha value is 0.0900. The highest BCUT2D eigenvalue weighted by atomic mass is 79.9. The summed E-state index contributed by atoms with van der Waals surface area (Å²) >= 11 is 4.63. The van der Waals surface area contributed by atoms with Crippen LogP contribution in [0.1, 0.15) is 45.1 Å². The lowest BCUT2D eigenvalue weighted by atomic mass is 10.00. The van der Waals surface area contributed by atoms with E-state index in [1.54, 1.807) is 6.07 Å². The highest BCUT2D eigenvalue weighted by molar-refractivity contribution is 9.11. The van der Waals surface area contributed by atoms with Crippen LogP contribution >= 0.6 is 27.3 Å². The third kappa shape index (κ3) is 5.17. The molecule has 0 saturated heterocycles. The highest BCUT2D eigenvalue weighted by Gasteiger charge is 2.19. The molecule has 0 amide bonds. The Kier molecular flexibility index (Phi) is 7.00. The summed E-state index contributed by atoms with van der Waals surface area (Å²) < 4.78 is 28.3. The molecule has 0 aliphatic carbocycles. The van der Waals surface area contributed by atoms with Gasteiger partial charge in [0.1, 0.15) is 4.21 Å². The van der Waals surface area contributed by atoms with Gasteiger partial charge in [0.05, 0.1) is 3.79 Å². The lowest BCUT2D eigenvalue weighted by molar-refractivity contribution is 0.444. The van der Waals surface area contributed by atoms with Crippen molar-refractivity contribution in [1.29, 1.82) is 0 Å². The molecular formula is C13H22BrNO2S2. The quantitative estimate of drug-likeness (QED) is 0.743. The van der Waals surface area contributed by atoms with Gasteiger partial charge in [0, 0.05) is 6.54 Å². The van der Waals surface area contributed by atoms with Crippen molar-refractivity contribution in [2.45, 2.75) is 50.7 Å². The van der Waals surface area contributed by atoms with Gasteiger partial charge in [0.2, 0.25) is 10.0 Å². The summed E-state index contributed by atoms with van der Waals surface area (Å²) in [7, 11) is -3.35. The SMILES string of the molecule is CCCCC(CC)CNS(=O)(=O)c1cc(C)c(Br)s1. The van der Waals surface area contributed by atoms with E-state index in [2.05, 4.69) is 34.5 Å². The number of hydrogen-bond donors (Lipinski definition) is 1. The minimum Gasteiger partial charge on any atom is -0.210 e. The Bertz CT molecular complexity index is 477. The predicted octanol–water partition coefficient (Wildman–Crippen LogP) is 4.31. The van der Waals surface area contributed by atoms with Crippen molar-refractivity contribution < 1.29 is 8.42 Å². The number of hydrogen-bond acceptors (Lipinski definition) is 3. The average molecular weight is 368 g/mol. The van der Waals surface area contributed by atoms with Crippen LogP contribution in [0.4, 0.5) is 0 Å². The largest absolute Gasteiger partial charge is 0.250 e. The average Bonchev–Trinajstić information content (AvgIpc) is 2.71. The number of thiophene rings is 1. The predicted molar refractivity (Wildman–Crippen MR) is 85.3 cm³/mol. The van der Waals surface area contributed by atoms with Crippen molar-refractivity contribution in [3.8, 4) is 0 Å². The molecule has 0 fully saturated rings. The maximum Gasteiger partial charge on any atom is 0.250 e. The Morgan fingerprint density at radius 2 is 2.11 bits per heavy atom. The highest BCUT2D eigenvalue weighted by Crippen LogP contribution is 2.30. The second-order valence-electron chi connectivity index (χ2n) is 4.79. The van der Waals surface area contributed by atoms with Gasteiger partial charge in [-0.1, -0.05) is 33.1 Å². The zero-order chi connectivity index (χ0) is 14.5. The van der Waals surface area contributed by atoms with Gasteiger partial charge in [0.15, 0.2) is 0 Å². The number of nitrogens with one attached hydrogen (secondary N) is 1. The smallest absolute Gasteiger partial charge is 0.210 e. The van der Waals surface area contributed by atoms with Crippen LogP contribution < -0.4 is 4.72 Å². The Morgan fingerprint density at radius 3 is 2.58 bits per heavy atom. The summed E-state index contributed by atoms with van der Waals surface area (Å²) in [6.07, 6.45) is 4.41. The molecule has 1 aromatic heterocycles. The summed E-state index contributed by atoms with van der Waals surface area (Å²) in [5.74, 6) is 0.430. The molecule has 19 heavy (non-hydrogen) atoms. The van der Waals surface area contributed by atoms with Crippen molar-refractivity contribution >= 4 is 37.3 Å². The molecule has 0 spiro atoms. The molecule has 110 valence electrons. The molecule has 0 aromatic carbocycles. The maximum atomic E-state index is 12.2. The normalized spacial score (nSPS) is 13.7. The Labute approximate surface area is 129 Å². The molecule has 1 atom stereocenters. The van der Waals surface area contributed by atoms with Crippen LogP contribution in [0.3, 0.4) is 0 Å². The molecule has 3 nitrogen and oxygen atoms in total. The first-order chi connectivity index (χ1) is 8.90. The molecule has 0 saturated carbocycles. The molecule has 1 unspecified atom stereocenters. The molecule has 1 rings (SSSR count). The second-order valence-corrected chi connectivity index (χ2v) is 9.15. The Balaban J connectivity index is 2.64. The lowest BCUT2D eigenvalue weighted by Crippen LogP contribution is -2.28. The first kappa shape index (κ1) is 17.1. The van der Waals surface area contributed by atoms with E-state index in [0.717, 1.165) is 35.0 Å². The first-order valence-corrected chi connectivity index (χ1v) is 9.75. The summed E-state index contributed by atoms with van der Waals surface area (Å²) in [5, 5.41) is 0. The van der Waals surface area contributed by atoms with Crippen molar-refractivity contribution in [1.82, 2.24) is 4.72 Å². The van der Waals surface area contributed by atoms with Gasteiger partial charge < -0.3 is 0 Å². The minimum absolute atomic E-state index is 0.391. The number of aryl methyl sites for hydroxylation is 1. The lowest BCUT2D eigenvalue weighted by Gasteiger charge is -2.14. The van der Waals surface area contributed by atoms with Crippen LogP contribution in [0, 0.1) is 12.8 Å². The molecule has 1 heterocycles. The number of unbranched alkanes of at least 4 members (excludes halogenated alkanes) is 1. The number of halogens is 1. The van der Waals surface area contributed by atoms with Crippen LogP contribution in [-0.2, 0) is 10.0 Å². The first-order valence-electron chi connectivity index (χ1n) is 6.66. The molecule has 0 radical (unpaired) electrons. The van der Waals surface area contributed by atoms with Gasteiger partial charge in [-0.25, -0.2) is 13.1 Å². The standard InChI is InChI=1S/C13H22BrNO2S2/c1-4-6-7-11(5-2)9-15-19(16,17)12-8-10(3)13(14)18-12/h8,11,15H,4-7,9H2,1-3H3. The summed E-state index contributed by atoms with van der Waals surface area (Å²) in [4.78, 5) is 0. The summed E-state index contributed by atoms with van der Waals surface area (Å²) in [5.41, 5.74) is 0.961. The number of sulfonamides is 1. The fourth-order valence-corrected chi connectivity index (χ4v) is 5.19. The summed E-state index contributed by atoms with van der Waals surface area (Å²) in [6.45, 7) is 6.70. The van der Waals surface area contributed by atoms with Gasteiger partial charge in [-0.15, -0.1) is 11.3 Å². The third-order valence-electron chi connectivity index (χ3n) is 3.20. The zero-order valence-corrected chi connectivity index (χ0v) is 14.9. The molecule has 1 aromatic rings. The van der Waals surface area contributed by atoms with Crippen LogP contribution in [0.15, 0.2) is 14.1 Å². The van der Waals surface area contributed by atoms with Crippen LogP contribution in [0.5, 0.6) is 0 Å². The van der Waals surface area contributed by atoms with E-state index >= 15 is 0 Å². The van der Waals surface area contributed by atoms with Gasteiger partial charge >= 0.3 is 0 Å². The molecule has 1 N–H and O–H groups in total. The van der Waals surface area contributed by atoms with Crippen LogP contribution in [0.25, 0.3) is 0 Å². The monoisotopic (exact) mass is 367 g/mol. The zero-order valence-electron chi connectivity index (χ0n) is 11.7. The van der Waals surface area contributed by atoms with E-state index in [4.69, 9.17) is 0 Å². The van der Waals surface area contributed by atoms with Crippen LogP contribution in [-0.4, -0.2) is 15.0 Å². The van der Waals surface area contributed by atoms with E-state index in [0.29, 0.717) is 16.7 Å². The molecule has 0 bridgehead atoms. The van der Waals surface area contributed by atoms with E-state index < -0.39 is 10.0 Å². The number of rotatable bonds is 8. The van der Waals surface area contributed by atoms with Crippen molar-refractivity contribution in [2.75, 3.05) is 6.54 Å². The molecule has 6 heteroatoms. The molecule has 0 aliphatic rings. The fraction of sp³-hybridized carbons (Fsp3) is 0.692. The summed E-state index contributed by atoms with van der Waals surface area (Å²) in [6, 6.07) is 1.71. The van der Waals surface area contributed by atoms with E-state index in [-0.39, 0.29) is 0 Å². The topological polar surface area (TPSA) is 46.2 Å². The van der Waals surface area contributed by atoms with Gasteiger partial charge in [0.25, 0.3) is 0 Å². The third-order valence-corrected chi connectivity index (χ3v) is 7.24. The van der Waals surface area contributed by atoms with E-state index in [1.807, 2.05) is 6.92 Å². The minimum atomic E-state index is -3.35. The molecule has 0 aliphatic heterocycles. The van der Waals surface area contributed by atoms with Gasteiger partial charge in [-0.2, -0.15) is 0 Å². The van der Waals surface area contributed by atoms with Crippen LogP contribution in [0.2, 0.25) is 0 Å². The van der Waals surface area contributed by atoms with Crippen molar-refractivity contribution in [3.63, 3.8) is 0 Å². The van der Waals surface area contributed by atoms with E-state index in [9.17, 15) is 8.42 Å².